The van der Waals surface area contributed by atoms with Crippen LogP contribution in [0, 0.1) is 5.82 Å². The van der Waals surface area contributed by atoms with E-state index in [0.29, 0.717) is 6.07 Å². The first-order valence-corrected chi connectivity index (χ1v) is 7.32. The van der Waals surface area contributed by atoms with E-state index in [0.717, 1.165) is 18.2 Å². The molecule has 10 heteroatoms. The standard InChI is InChI=1S/C16H7ClF6O3/c17-7-3-8(18)5-9(4-7)25-11-1-2-12(26-16(21,22)23)13-10(11)6-15(19,20)14(13)24/h1-5H,6H2. The van der Waals surface area contributed by atoms with Gasteiger partial charge < -0.3 is 9.47 Å². The Morgan fingerprint density at radius 2 is 1.73 bits per heavy atom. The lowest BCUT2D eigenvalue weighted by atomic mass is 10.1. The molecule has 0 heterocycles. The summed E-state index contributed by atoms with van der Waals surface area (Å²) in [6.07, 6.45) is -6.35. The molecule has 0 aromatic heterocycles. The number of hydrogen-bond donors (Lipinski definition) is 0. The molecule has 3 nitrogen and oxygen atoms in total. The molecule has 0 fully saturated rings. The van der Waals surface area contributed by atoms with E-state index in [4.69, 9.17) is 16.3 Å². The summed E-state index contributed by atoms with van der Waals surface area (Å²) in [4.78, 5) is 11.8. The van der Waals surface area contributed by atoms with Crippen LogP contribution in [-0.4, -0.2) is 18.1 Å². The van der Waals surface area contributed by atoms with Crippen LogP contribution in [0.1, 0.15) is 15.9 Å². The highest BCUT2D eigenvalue weighted by molar-refractivity contribution is 6.30. The number of Topliss-reactive ketones (excluding diaryl/α,β-unsaturated/α-hetero) is 1. The Balaban J connectivity index is 2.07. The van der Waals surface area contributed by atoms with Gasteiger partial charge in [-0.3, -0.25) is 4.79 Å². The molecule has 0 bridgehead atoms. The molecule has 26 heavy (non-hydrogen) atoms. The largest absolute Gasteiger partial charge is 0.573 e. The molecule has 3 rings (SSSR count). The van der Waals surface area contributed by atoms with Crippen LogP contribution in [0.25, 0.3) is 0 Å². The van der Waals surface area contributed by atoms with Gasteiger partial charge in [-0.2, -0.15) is 8.78 Å². The molecule has 138 valence electrons. The number of ether oxygens (including phenoxy) is 2. The van der Waals surface area contributed by atoms with Crippen LogP contribution in [-0.2, 0) is 6.42 Å². The van der Waals surface area contributed by atoms with Crippen molar-refractivity contribution < 1.29 is 40.6 Å². The van der Waals surface area contributed by atoms with Crippen LogP contribution >= 0.6 is 11.6 Å². The van der Waals surface area contributed by atoms with E-state index in [1.54, 1.807) is 0 Å². The van der Waals surface area contributed by atoms with Gasteiger partial charge in [-0.25, -0.2) is 4.39 Å². The summed E-state index contributed by atoms with van der Waals surface area (Å²) < 4.78 is 87.2. The number of hydrogen-bond acceptors (Lipinski definition) is 3. The van der Waals surface area contributed by atoms with Crippen molar-refractivity contribution in [2.45, 2.75) is 18.7 Å². The number of halogens is 7. The predicted octanol–water partition coefficient (Wildman–Crippen LogP) is 5.54. The number of rotatable bonds is 3. The smallest absolute Gasteiger partial charge is 0.457 e. The average molecular weight is 397 g/mol. The molecule has 0 spiro atoms. The molecule has 0 unspecified atom stereocenters. The number of carbonyl (C=O) groups is 1. The van der Waals surface area contributed by atoms with Crippen molar-refractivity contribution in [1.29, 1.82) is 0 Å². The van der Waals surface area contributed by atoms with Crippen molar-refractivity contribution in [2.24, 2.45) is 0 Å². The molecule has 2 aromatic carbocycles. The lowest BCUT2D eigenvalue weighted by Gasteiger charge is -2.15. The van der Waals surface area contributed by atoms with E-state index in [9.17, 15) is 31.1 Å². The third kappa shape index (κ3) is 3.57. The number of carbonyl (C=O) groups excluding carboxylic acids is 1. The predicted molar refractivity (Wildman–Crippen MR) is 77.6 cm³/mol. The van der Waals surface area contributed by atoms with E-state index in [-0.39, 0.29) is 16.5 Å². The van der Waals surface area contributed by atoms with Gasteiger partial charge in [0.25, 0.3) is 0 Å². The van der Waals surface area contributed by atoms with Gasteiger partial charge in [0.2, 0.25) is 5.78 Å². The second-order valence-electron chi connectivity index (χ2n) is 5.38. The van der Waals surface area contributed by atoms with Gasteiger partial charge in [0, 0.05) is 23.1 Å². The van der Waals surface area contributed by atoms with Crippen molar-refractivity contribution in [3.8, 4) is 17.2 Å². The van der Waals surface area contributed by atoms with Crippen molar-refractivity contribution in [1.82, 2.24) is 0 Å². The minimum atomic E-state index is -5.18. The first-order valence-electron chi connectivity index (χ1n) is 6.94. The molecule has 0 radical (unpaired) electrons. The Kier molecular flexibility index (Phi) is 4.30. The van der Waals surface area contributed by atoms with Crippen LogP contribution < -0.4 is 9.47 Å². The summed E-state index contributed by atoms with van der Waals surface area (Å²) in [6, 6.07) is 4.64. The Morgan fingerprint density at radius 3 is 2.35 bits per heavy atom. The third-order valence-electron chi connectivity index (χ3n) is 3.48. The minimum Gasteiger partial charge on any atom is -0.457 e. The van der Waals surface area contributed by atoms with Gasteiger partial charge in [-0.1, -0.05) is 11.6 Å². The minimum absolute atomic E-state index is 0.0462. The van der Waals surface area contributed by atoms with Gasteiger partial charge in [-0.05, 0) is 24.3 Å². The molecule has 0 saturated carbocycles. The second kappa shape index (κ2) is 6.08. The van der Waals surface area contributed by atoms with Crippen LogP contribution in [0.3, 0.4) is 0 Å². The van der Waals surface area contributed by atoms with E-state index < -0.39 is 47.2 Å². The summed E-state index contributed by atoms with van der Waals surface area (Å²) in [5.74, 6) is -8.06. The summed E-state index contributed by atoms with van der Waals surface area (Å²) in [6.45, 7) is 0. The Morgan fingerprint density at radius 1 is 1.08 bits per heavy atom. The zero-order valence-corrected chi connectivity index (χ0v) is 13.2. The molecule has 0 N–H and O–H groups in total. The Hall–Kier alpha value is -2.42. The highest BCUT2D eigenvalue weighted by Crippen LogP contribution is 2.45. The first-order chi connectivity index (χ1) is 12.0. The van der Waals surface area contributed by atoms with Crippen molar-refractivity contribution in [2.75, 3.05) is 0 Å². The van der Waals surface area contributed by atoms with Gasteiger partial charge >= 0.3 is 12.3 Å². The summed E-state index contributed by atoms with van der Waals surface area (Å²) >= 11 is 5.66. The molecule has 0 atom stereocenters. The molecule has 0 aliphatic heterocycles. The zero-order valence-electron chi connectivity index (χ0n) is 12.5. The number of alkyl halides is 5. The Bertz CT molecular complexity index is 874. The second-order valence-corrected chi connectivity index (χ2v) is 5.82. The van der Waals surface area contributed by atoms with Crippen LogP contribution in [0.5, 0.6) is 17.2 Å². The molecule has 0 saturated heterocycles. The third-order valence-corrected chi connectivity index (χ3v) is 3.70. The van der Waals surface area contributed by atoms with Gasteiger partial charge in [0.05, 0.1) is 5.56 Å². The van der Waals surface area contributed by atoms with Gasteiger partial charge in [0.1, 0.15) is 23.1 Å². The van der Waals surface area contributed by atoms with Crippen LogP contribution in [0.2, 0.25) is 5.02 Å². The maximum atomic E-state index is 13.8. The zero-order chi connectivity index (χ0) is 19.3. The fourth-order valence-corrected chi connectivity index (χ4v) is 2.75. The lowest BCUT2D eigenvalue weighted by Crippen LogP contribution is -2.25. The highest BCUT2D eigenvalue weighted by atomic mass is 35.5. The quantitative estimate of drug-likeness (QED) is 0.639. The fourth-order valence-electron chi connectivity index (χ4n) is 2.54. The molecular weight excluding hydrogens is 390 g/mol. The molecule has 1 aliphatic rings. The van der Waals surface area contributed by atoms with Crippen molar-refractivity contribution in [3.63, 3.8) is 0 Å². The lowest BCUT2D eigenvalue weighted by molar-refractivity contribution is -0.274. The molecule has 1 aliphatic carbocycles. The maximum Gasteiger partial charge on any atom is 0.573 e. The van der Waals surface area contributed by atoms with Crippen molar-refractivity contribution in [3.05, 3.63) is 52.3 Å². The first kappa shape index (κ1) is 18.4. The Labute approximate surface area is 147 Å². The summed E-state index contributed by atoms with van der Waals surface area (Å²) in [7, 11) is 0. The van der Waals surface area contributed by atoms with E-state index in [1.165, 1.54) is 6.07 Å². The van der Waals surface area contributed by atoms with Crippen LogP contribution in [0.15, 0.2) is 30.3 Å². The molecular formula is C16H7ClF6O3. The van der Waals surface area contributed by atoms with E-state index in [2.05, 4.69) is 4.74 Å². The van der Waals surface area contributed by atoms with Gasteiger partial charge in [-0.15, -0.1) is 13.2 Å². The van der Waals surface area contributed by atoms with Crippen LogP contribution in [0.4, 0.5) is 26.3 Å². The van der Waals surface area contributed by atoms with Gasteiger partial charge in [0.15, 0.2) is 0 Å². The topological polar surface area (TPSA) is 35.5 Å². The average Bonchev–Trinajstić information content (AvgIpc) is 2.70. The molecule has 2 aromatic rings. The summed E-state index contributed by atoms with van der Waals surface area (Å²) in [5.41, 5.74) is -1.39. The maximum absolute atomic E-state index is 13.8. The highest BCUT2D eigenvalue weighted by Gasteiger charge is 2.51. The van der Waals surface area contributed by atoms with E-state index in [1.807, 2.05) is 0 Å². The number of ketones is 1. The number of fused-ring (bicyclic) bond motifs is 1. The normalized spacial score (nSPS) is 15.7. The fraction of sp³-hybridized carbons (Fsp3) is 0.188. The molecule has 0 amide bonds. The van der Waals surface area contributed by atoms with Crippen molar-refractivity contribution >= 4 is 17.4 Å². The summed E-state index contributed by atoms with van der Waals surface area (Å²) in [5, 5.41) is -0.0462. The SMILES string of the molecule is O=C1c2c(OC(F)(F)F)ccc(Oc3cc(F)cc(Cl)c3)c2CC1(F)F. The van der Waals surface area contributed by atoms with E-state index >= 15 is 0 Å². The monoisotopic (exact) mass is 396 g/mol. The number of benzene rings is 2.